The number of fused-ring (bicyclic) bond motifs is 2. The van der Waals surface area contributed by atoms with Crippen molar-refractivity contribution in [2.45, 2.75) is 16.4 Å². The molecule has 3 aromatic rings. The summed E-state index contributed by atoms with van der Waals surface area (Å²) in [7, 11) is -0.761. The van der Waals surface area contributed by atoms with Crippen molar-refractivity contribution in [3.05, 3.63) is 78.9 Å². The van der Waals surface area contributed by atoms with Gasteiger partial charge in [0.15, 0.2) is 0 Å². The van der Waals surface area contributed by atoms with E-state index in [4.69, 9.17) is 18.6 Å². The summed E-state index contributed by atoms with van der Waals surface area (Å²) < 4.78 is 24.1. The lowest BCUT2D eigenvalue weighted by atomic mass is 9.70. The number of rotatable bonds is 5. The maximum absolute atomic E-state index is 6.07. The van der Waals surface area contributed by atoms with Crippen LogP contribution in [0.4, 0.5) is 0 Å². The van der Waals surface area contributed by atoms with Crippen molar-refractivity contribution in [3.8, 4) is 23.0 Å². The summed E-state index contributed by atoms with van der Waals surface area (Å²) >= 11 is 1.71. The van der Waals surface area contributed by atoms with Crippen LogP contribution in [0.15, 0.2) is 83.8 Å². The van der Waals surface area contributed by atoms with Crippen LogP contribution in [0, 0.1) is 0 Å². The molecule has 1 atom stereocenters. The van der Waals surface area contributed by atoms with Crippen LogP contribution in [-0.2, 0) is 0 Å². The fourth-order valence-corrected chi connectivity index (χ4v) is 4.34. The minimum Gasteiger partial charge on any atom is -0.523 e. The summed E-state index contributed by atoms with van der Waals surface area (Å²) in [6, 6.07) is 25.7. The first kappa shape index (κ1) is 16.5. The van der Waals surface area contributed by atoms with Crippen LogP contribution in [-0.4, -0.2) is 19.4 Å². The summed E-state index contributed by atoms with van der Waals surface area (Å²) in [5.41, 5.74) is 0. The third-order valence-electron chi connectivity index (χ3n) is 4.46. The molecule has 0 N–H and O–H groups in total. The standard InChI is InChI=1S/C20H16B2O4S/c1-2-8-15(9-3-1)27-20(22-25-18-12-6-7-13-19(18)26-22)14-21-23-16-10-4-5-11-17(16)24-21/h1-13,20H,14H2. The molecule has 0 saturated carbocycles. The summed E-state index contributed by atoms with van der Waals surface area (Å²) in [6.45, 7) is 0. The lowest BCUT2D eigenvalue weighted by Gasteiger charge is -2.18. The molecule has 0 amide bonds. The molecule has 2 aliphatic rings. The normalized spacial score (nSPS) is 15.1. The monoisotopic (exact) mass is 374 g/mol. The van der Waals surface area contributed by atoms with E-state index >= 15 is 0 Å². The first-order valence-corrected chi connectivity index (χ1v) is 9.79. The van der Waals surface area contributed by atoms with E-state index in [1.165, 1.54) is 0 Å². The van der Waals surface area contributed by atoms with Gasteiger partial charge in [-0.2, -0.15) is 0 Å². The molecular formula is C20H16B2O4S. The van der Waals surface area contributed by atoms with E-state index < -0.39 is 7.12 Å². The predicted molar refractivity (Wildman–Crippen MR) is 108 cm³/mol. The number of hydrogen-bond acceptors (Lipinski definition) is 5. The Kier molecular flexibility index (Phi) is 4.38. The third kappa shape index (κ3) is 3.47. The molecule has 0 fully saturated rings. The van der Waals surface area contributed by atoms with Gasteiger partial charge in [-0.3, -0.25) is 0 Å². The number of thioether (sulfide) groups is 1. The van der Waals surface area contributed by atoms with Gasteiger partial charge in [0.2, 0.25) is 0 Å². The lowest BCUT2D eigenvalue weighted by molar-refractivity contribution is 0.476. The van der Waals surface area contributed by atoms with E-state index in [1.54, 1.807) is 11.8 Å². The summed E-state index contributed by atoms with van der Waals surface area (Å²) in [5, 5.41) is -0.000822. The van der Waals surface area contributed by atoms with Crippen LogP contribution in [0.25, 0.3) is 0 Å². The van der Waals surface area contributed by atoms with Crippen LogP contribution in [0.2, 0.25) is 6.32 Å². The highest BCUT2D eigenvalue weighted by molar-refractivity contribution is 8.01. The molecule has 5 rings (SSSR count). The van der Waals surface area contributed by atoms with Gasteiger partial charge in [-0.25, -0.2) is 0 Å². The Labute approximate surface area is 163 Å². The Hall–Kier alpha value is -2.66. The Morgan fingerprint density at radius 1 is 0.630 bits per heavy atom. The van der Waals surface area contributed by atoms with Gasteiger partial charge in [-0.1, -0.05) is 42.5 Å². The molecule has 7 heteroatoms. The summed E-state index contributed by atoms with van der Waals surface area (Å²) in [4.78, 5) is 1.15. The molecule has 27 heavy (non-hydrogen) atoms. The fourth-order valence-electron chi connectivity index (χ4n) is 3.20. The van der Waals surface area contributed by atoms with Gasteiger partial charge in [0.25, 0.3) is 0 Å². The minimum atomic E-state index is -0.400. The molecule has 0 spiro atoms. The van der Waals surface area contributed by atoms with E-state index in [0.717, 1.165) is 27.9 Å². The molecule has 0 saturated heterocycles. The van der Waals surface area contributed by atoms with Gasteiger partial charge in [-0.05, 0) is 36.4 Å². The van der Waals surface area contributed by atoms with E-state index in [1.807, 2.05) is 66.7 Å². The highest BCUT2D eigenvalue weighted by Gasteiger charge is 2.46. The van der Waals surface area contributed by atoms with Crippen molar-refractivity contribution in [1.29, 1.82) is 0 Å². The van der Waals surface area contributed by atoms with Crippen LogP contribution in [0.3, 0.4) is 0 Å². The van der Waals surface area contributed by atoms with E-state index in [2.05, 4.69) is 12.1 Å². The van der Waals surface area contributed by atoms with Gasteiger partial charge >= 0.3 is 14.2 Å². The average molecular weight is 374 g/mol. The molecule has 2 aliphatic heterocycles. The van der Waals surface area contributed by atoms with Crippen LogP contribution >= 0.6 is 11.8 Å². The van der Waals surface area contributed by atoms with E-state index in [0.29, 0.717) is 6.32 Å². The second-order valence-electron chi connectivity index (χ2n) is 6.37. The predicted octanol–water partition coefficient (Wildman–Crippen LogP) is 4.61. The fraction of sp³-hybridized carbons (Fsp3) is 0.100. The first-order valence-electron chi connectivity index (χ1n) is 8.91. The lowest BCUT2D eigenvalue weighted by Crippen LogP contribution is -2.42. The SMILES string of the molecule is c1ccc(SC(CB2Oc3ccccc3O2)B2Oc3ccccc3O2)cc1. The van der Waals surface area contributed by atoms with E-state index in [-0.39, 0.29) is 12.3 Å². The quantitative estimate of drug-likeness (QED) is 0.482. The highest BCUT2D eigenvalue weighted by atomic mass is 32.2. The Morgan fingerprint density at radius 3 is 1.67 bits per heavy atom. The largest absolute Gasteiger partial charge is 0.608 e. The second kappa shape index (κ2) is 7.16. The molecule has 0 radical (unpaired) electrons. The number of para-hydroxylation sites is 4. The van der Waals surface area contributed by atoms with E-state index in [9.17, 15) is 0 Å². The van der Waals surface area contributed by atoms with Crippen LogP contribution < -0.4 is 18.6 Å². The summed E-state index contributed by atoms with van der Waals surface area (Å²) in [6.07, 6.45) is 0.632. The zero-order chi connectivity index (χ0) is 18.1. The van der Waals surface area contributed by atoms with Gasteiger partial charge in [0.05, 0.1) is 5.15 Å². The zero-order valence-corrected chi connectivity index (χ0v) is 15.3. The molecular weight excluding hydrogens is 358 g/mol. The number of hydrogen-bond donors (Lipinski definition) is 0. The molecule has 0 bridgehead atoms. The maximum atomic E-state index is 6.07. The number of benzene rings is 3. The zero-order valence-electron chi connectivity index (χ0n) is 14.5. The molecule has 132 valence electrons. The van der Waals surface area contributed by atoms with Gasteiger partial charge in [-0.15, -0.1) is 11.8 Å². The summed E-state index contributed by atoms with van der Waals surface area (Å²) in [5.74, 6) is 3.11. The maximum Gasteiger partial charge on any atom is 0.608 e. The van der Waals surface area contributed by atoms with Crippen molar-refractivity contribution in [3.63, 3.8) is 0 Å². The van der Waals surface area contributed by atoms with Crippen molar-refractivity contribution in [1.82, 2.24) is 0 Å². The third-order valence-corrected chi connectivity index (χ3v) is 5.72. The van der Waals surface area contributed by atoms with Crippen LogP contribution in [0.1, 0.15) is 0 Å². The minimum absolute atomic E-state index is 0.000822. The Morgan fingerprint density at radius 2 is 1.11 bits per heavy atom. The molecule has 0 aromatic heterocycles. The van der Waals surface area contributed by atoms with Crippen LogP contribution in [0.5, 0.6) is 23.0 Å². The molecule has 3 aromatic carbocycles. The van der Waals surface area contributed by atoms with Crippen molar-refractivity contribution >= 4 is 26.0 Å². The molecule has 2 heterocycles. The first-order chi connectivity index (χ1) is 13.3. The van der Waals surface area contributed by atoms with Gasteiger partial charge in [0.1, 0.15) is 23.0 Å². The molecule has 0 aliphatic carbocycles. The van der Waals surface area contributed by atoms with Gasteiger partial charge in [0, 0.05) is 11.2 Å². The molecule has 1 unspecified atom stereocenters. The molecule has 4 nitrogen and oxygen atoms in total. The second-order valence-corrected chi connectivity index (χ2v) is 7.68. The van der Waals surface area contributed by atoms with Crippen molar-refractivity contribution in [2.75, 3.05) is 0 Å². The van der Waals surface area contributed by atoms with Crippen molar-refractivity contribution in [2.24, 2.45) is 0 Å². The van der Waals surface area contributed by atoms with Crippen molar-refractivity contribution < 1.29 is 18.6 Å². The average Bonchev–Trinajstić information content (AvgIpc) is 3.31. The highest BCUT2D eigenvalue weighted by Crippen LogP contribution is 2.40. The topological polar surface area (TPSA) is 36.9 Å². The Bertz CT molecular complexity index is 890. The van der Waals surface area contributed by atoms with Gasteiger partial charge < -0.3 is 18.6 Å². The smallest absolute Gasteiger partial charge is 0.523 e. The Balaban J connectivity index is 1.35.